The van der Waals surface area contributed by atoms with Crippen LogP contribution in [0, 0.1) is 11.6 Å². The van der Waals surface area contributed by atoms with Gasteiger partial charge in [-0.25, -0.2) is 8.78 Å². The van der Waals surface area contributed by atoms with Crippen molar-refractivity contribution >= 4 is 17.5 Å². The molecule has 1 aliphatic rings. The number of halogens is 2. The molecule has 2 aromatic rings. The molecule has 6 heteroatoms. The minimum atomic E-state index is -0.422. The number of amides is 2. The van der Waals surface area contributed by atoms with Crippen LogP contribution in [0.1, 0.15) is 16.8 Å². The Hall–Kier alpha value is -2.76. The highest BCUT2D eigenvalue weighted by Crippen LogP contribution is 2.22. The Morgan fingerprint density at radius 1 is 1.09 bits per heavy atom. The number of carbonyl (C=O) groups is 2. The fourth-order valence-electron chi connectivity index (χ4n) is 2.57. The Balaban J connectivity index is 1.68. The summed E-state index contributed by atoms with van der Waals surface area (Å²) in [6, 6.07) is 10.6. The maximum Gasteiger partial charge on any atom is 0.251 e. The largest absolute Gasteiger partial charge is 0.347 e. The van der Waals surface area contributed by atoms with E-state index in [2.05, 4.69) is 5.32 Å². The maximum atomic E-state index is 13.3. The van der Waals surface area contributed by atoms with Crippen LogP contribution in [-0.2, 0) is 4.79 Å². The van der Waals surface area contributed by atoms with Crippen molar-refractivity contribution in [3.8, 4) is 0 Å². The molecule has 118 valence electrons. The van der Waals surface area contributed by atoms with Gasteiger partial charge in [0.25, 0.3) is 5.91 Å². The molecule has 0 unspecified atom stereocenters. The van der Waals surface area contributed by atoms with Crippen molar-refractivity contribution in [2.45, 2.75) is 12.5 Å². The van der Waals surface area contributed by atoms with E-state index in [4.69, 9.17) is 0 Å². The Labute approximate surface area is 131 Å². The first kappa shape index (κ1) is 15.1. The molecule has 1 N–H and O–H groups in total. The molecule has 0 spiro atoms. The predicted octanol–water partition coefficient (Wildman–Crippen LogP) is 2.50. The van der Waals surface area contributed by atoms with Crippen LogP contribution in [0.4, 0.5) is 14.5 Å². The van der Waals surface area contributed by atoms with Crippen molar-refractivity contribution in [1.82, 2.24) is 5.32 Å². The van der Waals surface area contributed by atoms with Gasteiger partial charge in [-0.05, 0) is 42.5 Å². The Morgan fingerprint density at radius 3 is 2.52 bits per heavy atom. The van der Waals surface area contributed by atoms with Crippen LogP contribution < -0.4 is 10.2 Å². The minimum absolute atomic E-state index is 0.142. The summed E-state index contributed by atoms with van der Waals surface area (Å²) in [5.41, 5.74) is 0.789. The number of hydrogen-bond donors (Lipinski definition) is 1. The number of nitrogens with zero attached hydrogens (tertiary/aromatic N) is 1. The van der Waals surface area contributed by atoms with Crippen LogP contribution in [0.5, 0.6) is 0 Å². The maximum absolute atomic E-state index is 13.3. The van der Waals surface area contributed by atoms with Crippen molar-refractivity contribution < 1.29 is 18.4 Å². The van der Waals surface area contributed by atoms with E-state index in [0.29, 0.717) is 11.3 Å². The number of anilines is 1. The number of rotatable bonds is 3. The van der Waals surface area contributed by atoms with Gasteiger partial charge in [-0.3, -0.25) is 9.59 Å². The van der Waals surface area contributed by atoms with Gasteiger partial charge in [-0.1, -0.05) is 6.07 Å². The lowest BCUT2D eigenvalue weighted by atomic mass is 10.2. The Kier molecular flexibility index (Phi) is 4.06. The lowest BCUT2D eigenvalue weighted by molar-refractivity contribution is -0.117. The quantitative estimate of drug-likeness (QED) is 0.946. The second-order valence-electron chi connectivity index (χ2n) is 5.37. The summed E-state index contributed by atoms with van der Waals surface area (Å²) < 4.78 is 26.1. The molecule has 1 atom stereocenters. The zero-order valence-electron chi connectivity index (χ0n) is 12.1. The van der Waals surface area contributed by atoms with E-state index in [0.717, 1.165) is 0 Å². The summed E-state index contributed by atoms with van der Waals surface area (Å²) in [4.78, 5) is 25.6. The molecule has 4 nitrogen and oxygen atoms in total. The second-order valence-corrected chi connectivity index (χ2v) is 5.37. The number of carbonyl (C=O) groups excluding carboxylic acids is 2. The summed E-state index contributed by atoms with van der Waals surface area (Å²) in [5.74, 6) is -1.40. The van der Waals surface area contributed by atoms with Crippen molar-refractivity contribution in [1.29, 1.82) is 0 Å². The number of nitrogens with one attached hydrogen (secondary N) is 1. The number of hydrogen-bond acceptors (Lipinski definition) is 2. The molecular formula is C17H14F2N2O2. The molecule has 2 amide bonds. The molecule has 1 saturated heterocycles. The zero-order valence-corrected chi connectivity index (χ0v) is 12.1. The van der Waals surface area contributed by atoms with E-state index in [1.165, 1.54) is 47.4 Å². The summed E-state index contributed by atoms with van der Waals surface area (Å²) >= 11 is 0. The van der Waals surface area contributed by atoms with Gasteiger partial charge in [0.05, 0.1) is 6.04 Å². The highest BCUT2D eigenvalue weighted by molar-refractivity contribution is 5.98. The van der Waals surface area contributed by atoms with Crippen LogP contribution >= 0.6 is 0 Å². The third-order valence-electron chi connectivity index (χ3n) is 3.69. The van der Waals surface area contributed by atoms with Crippen LogP contribution in [0.15, 0.2) is 48.5 Å². The lowest BCUT2D eigenvalue weighted by Crippen LogP contribution is -2.37. The SMILES string of the molecule is O=C(N[C@H]1CC(=O)N(c2cccc(F)c2)C1)c1ccc(F)cc1. The summed E-state index contributed by atoms with van der Waals surface area (Å²) in [5, 5.41) is 2.74. The average Bonchev–Trinajstić information content (AvgIpc) is 2.88. The fourth-order valence-corrected chi connectivity index (χ4v) is 2.57. The summed E-state index contributed by atoms with van der Waals surface area (Å²) in [7, 11) is 0. The number of benzene rings is 2. The molecule has 0 bridgehead atoms. The summed E-state index contributed by atoms with van der Waals surface area (Å²) in [6.07, 6.45) is 0.142. The van der Waals surface area contributed by atoms with Crippen LogP contribution in [-0.4, -0.2) is 24.4 Å². The van der Waals surface area contributed by atoms with Gasteiger partial charge in [-0.2, -0.15) is 0 Å². The van der Waals surface area contributed by atoms with E-state index in [1.54, 1.807) is 6.07 Å². The van der Waals surface area contributed by atoms with Gasteiger partial charge in [0.15, 0.2) is 0 Å². The van der Waals surface area contributed by atoms with E-state index in [9.17, 15) is 18.4 Å². The monoisotopic (exact) mass is 316 g/mol. The molecule has 3 rings (SSSR count). The topological polar surface area (TPSA) is 49.4 Å². The average molecular weight is 316 g/mol. The highest BCUT2D eigenvalue weighted by atomic mass is 19.1. The van der Waals surface area contributed by atoms with Crippen LogP contribution in [0.2, 0.25) is 0 Å². The molecule has 0 saturated carbocycles. The van der Waals surface area contributed by atoms with E-state index in [-0.39, 0.29) is 30.8 Å². The molecule has 0 aliphatic carbocycles. The lowest BCUT2D eigenvalue weighted by Gasteiger charge is -2.17. The molecule has 1 fully saturated rings. The first-order valence-electron chi connectivity index (χ1n) is 7.15. The summed E-state index contributed by atoms with van der Waals surface area (Å²) in [6.45, 7) is 0.273. The molecule has 1 heterocycles. The fraction of sp³-hybridized carbons (Fsp3) is 0.176. The molecular weight excluding hydrogens is 302 g/mol. The van der Waals surface area contributed by atoms with Crippen molar-refractivity contribution in [3.63, 3.8) is 0 Å². The van der Waals surface area contributed by atoms with E-state index >= 15 is 0 Å². The first-order chi connectivity index (χ1) is 11.0. The highest BCUT2D eigenvalue weighted by Gasteiger charge is 2.31. The molecule has 0 radical (unpaired) electrons. The Morgan fingerprint density at radius 2 is 1.83 bits per heavy atom. The van der Waals surface area contributed by atoms with Crippen molar-refractivity contribution in [3.05, 3.63) is 65.7 Å². The minimum Gasteiger partial charge on any atom is -0.347 e. The van der Waals surface area contributed by atoms with Gasteiger partial charge in [0, 0.05) is 24.2 Å². The van der Waals surface area contributed by atoms with Gasteiger partial charge in [0.2, 0.25) is 5.91 Å². The third-order valence-corrected chi connectivity index (χ3v) is 3.69. The van der Waals surface area contributed by atoms with Crippen molar-refractivity contribution in [2.24, 2.45) is 0 Å². The standard InChI is InChI=1S/C17H14F2N2O2/c18-12-6-4-11(5-7-12)17(23)20-14-9-16(22)21(10-14)15-3-1-2-13(19)8-15/h1-8,14H,9-10H2,(H,20,23)/t14-/m0/s1. The first-order valence-corrected chi connectivity index (χ1v) is 7.15. The van der Waals surface area contributed by atoms with Gasteiger partial charge in [0.1, 0.15) is 11.6 Å². The molecule has 2 aromatic carbocycles. The van der Waals surface area contributed by atoms with Gasteiger partial charge in [-0.15, -0.1) is 0 Å². The van der Waals surface area contributed by atoms with Gasteiger partial charge >= 0.3 is 0 Å². The molecule has 0 aromatic heterocycles. The van der Waals surface area contributed by atoms with Crippen LogP contribution in [0.3, 0.4) is 0 Å². The third kappa shape index (κ3) is 3.36. The Bertz CT molecular complexity index is 747. The predicted molar refractivity (Wildman–Crippen MR) is 81.0 cm³/mol. The van der Waals surface area contributed by atoms with E-state index in [1.807, 2.05) is 0 Å². The van der Waals surface area contributed by atoms with Gasteiger partial charge < -0.3 is 10.2 Å². The van der Waals surface area contributed by atoms with Crippen LogP contribution in [0.25, 0.3) is 0 Å². The smallest absolute Gasteiger partial charge is 0.251 e. The second kappa shape index (κ2) is 6.16. The van der Waals surface area contributed by atoms with E-state index < -0.39 is 11.6 Å². The van der Waals surface area contributed by atoms with Crippen molar-refractivity contribution in [2.75, 3.05) is 11.4 Å². The normalized spacial score (nSPS) is 17.4. The zero-order chi connectivity index (χ0) is 16.4. The molecule has 1 aliphatic heterocycles. The molecule has 23 heavy (non-hydrogen) atoms.